The van der Waals surface area contributed by atoms with E-state index >= 15 is 0 Å². The fourth-order valence-electron chi connectivity index (χ4n) is 4.20. The van der Waals surface area contributed by atoms with Crippen LogP contribution in [-0.2, 0) is 6.42 Å². The smallest absolute Gasteiger partial charge is 0.321 e. The third-order valence-corrected chi connectivity index (χ3v) is 6.46. The number of hydrogen-bond acceptors (Lipinski definition) is 4. The first kappa shape index (κ1) is 23.2. The second-order valence-electron chi connectivity index (χ2n) is 8.59. The predicted octanol–water partition coefficient (Wildman–Crippen LogP) is 5.50. The van der Waals surface area contributed by atoms with Crippen molar-refractivity contribution in [2.24, 2.45) is 0 Å². The molecule has 0 bridgehead atoms. The Morgan fingerprint density at radius 1 is 1.00 bits per heavy atom. The van der Waals surface area contributed by atoms with Crippen LogP contribution >= 0.6 is 15.9 Å². The van der Waals surface area contributed by atoms with Gasteiger partial charge in [-0.1, -0.05) is 51.8 Å². The summed E-state index contributed by atoms with van der Waals surface area (Å²) in [5.41, 5.74) is 5.48. The van der Waals surface area contributed by atoms with E-state index in [2.05, 4.69) is 69.2 Å². The highest BCUT2D eigenvalue weighted by atomic mass is 79.9. The van der Waals surface area contributed by atoms with Gasteiger partial charge in [-0.05, 0) is 51.0 Å². The molecule has 3 aromatic rings. The van der Waals surface area contributed by atoms with Gasteiger partial charge in [0.2, 0.25) is 0 Å². The van der Waals surface area contributed by atoms with Gasteiger partial charge in [-0.15, -0.1) is 0 Å². The van der Waals surface area contributed by atoms with E-state index in [1.807, 2.05) is 36.1 Å². The van der Waals surface area contributed by atoms with Crippen LogP contribution in [0.4, 0.5) is 16.3 Å². The number of nitrogens with one attached hydrogen (secondary N) is 1. The number of anilines is 2. The summed E-state index contributed by atoms with van der Waals surface area (Å²) in [6, 6.07) is 16.2. The van der Waals surface area contributed by atoms with Gasteiger partial charge in [0.05, 0.1) is 0 Å². The van der Waals surface area contributed by atoms with Crippen molar-refractivity contribution in [2.75, 3.05) is 36.4 Å². The van der Waals surface area contributed by atoms with Crippen LogP contribution in [0.25, 0.3) is 0 Å². The molecule has 1 aromatic heterocycles. The first-order valence-electron chi connectivity index (χ1n) is 11.3. The fraction of sp³-hybridized carbons (Fsp3) is 0.346. The molecular weight excluding hydrogens is 478 g/mol. The summed E-state index contributed by atoms with van der Waals surface area (Å²) in [5, 5.41) is 3.01. The summed E-state index contributed by atoms with van der Waals surface area (Å²) in [6.07, 6.45) is 1.68. The minimum Gasteiger partial charge on any atom is -0.354 e. The van der Waals surface area contributed by atoms with Crippen molar-refractivity contribution in [2.45, 2.75) is 33.6 Å². The molecule has 0 aliphatic carbocycles. The lowest BCUT2D eigenvalue weighted by Gasteiger charge is -2.26. The van der Waals surface area contributed by atoms with Crippen LogP contribution in [0, 0.1) is 20.8 Å². The molecule has 4 rings (SSSR count). The number of urea groups is 1. The molecule has 1 N–H and O–H groups in total. The number of rotatable bonds is 4. The Balaban J connectivity index is 1.50. The van der Waals surface area contributed by atoms with Crippen LogP contribution in [-0.4, -0.2) is 47.1 Å². The van der Waals surface area contributed by atoms with Gasteiger partial charge >= 0.3 is 6.03 Å². The summed E-state index contributed by atoms with van der Waals surface area (Å²) in [6.45, 7) is 9.07. The maximum atomic E-state index is 12.9. The van der Waals surface area contributed by atoms with Gasteiger partial charge in [-0.25, -0.2) is 14.8 Å². The van der Waals surface area contributed by atoms with E-state index < -0.39 is 0 Å². The Morgan fingerprint density at radius 2 is 1.79 bits per heavy atom. The lowest BCUT2D eigenvalue weighted by atomic mass is 10.0. The Kier molecular flexibility index (Phi) is 7.28. The maximum Gasteiger partial charge on any atom is 0.321 e. The lowest BCUT2D eigenvalue weighted by molar-refractivity contribution is 0.215. The van der Waals surface area contributed by atoms with Crippen molar-refractivity contribution in [1.29, 1.82) is 0 Å². The molecule has 1 aliphatic heterocycles. The summed E-state index contributed by atoms with van der Waals surface area (Å²) in [4.78, 5) is 26.6. The average molecular weight is 508 g/mol. The molecule has 1 aliphatic rings. The number of hydrogen-bond donors (Lipinski definition) is 1. The highest BCUT2D eigenvalue weighted by Gasteiger charge is 2.23. The molecule has 0 atom stereocenters. The van der Waals surface area contributed by atoms with E-state index in [-0.39, 0.29) is 6.03 Å². The quantitative estimate of drug-likeness (QED) is 0.506. The number of carbonyl (C=O) groups is 1. The number of amides is 2. The number of aryl methyl sites for hydroxylation is 3. The standard InChI is InChI=1S/C26H30BrN5O/c1-18-8-10-21(11-9-18)16-24-19(2)28-20(3)29-25(24)31-12-5-13-32(15-14-31)26(33)30-23-7-4-6-22(27)17-23/h4,6-11,17H,5,12-16H2,1-3H3,(H,30,33). The Morgan fingerprint density at radius 3 is 2.55 bits per heavy atom. The van der Waals surface area contributed by atoms with Crippen LogP contribution in [0.2, 0.25) is 0 Å². The normalized spacial score (nSPS) is 14.2. The molecule has 33 heavy (non-hydrogen) atoms. The lowest BCUT2D eigenvalue weighted by Crippen LogP contribution is -2.38. The summed E-state index contributed by atoms with van der Waals surface area (Å²) in [5.74, 6) is 1.78. The van der Waals surface area contributed by atoms with Crippen LogP contribution in [0.3, 0.4) is 0 Å². The number of halogens is 1. The molecular formula is C26H30BrN5O. The number of nitrogens with zero attached hydrogens (tertiary/aromatic N) is 4. The van der Waals surface area contributed by atoms with Gasteiger partial charge in [0.1, 0.15) is 11.6 Å². The second kappa shape index (κ2) is 10.3. The van der Waals surface area contributed by atoms with Crippen molar-refractivity contribution in [3.8, 4) is 0 Å². The molecule has 1 fully saturated rings. The number of carbonyl (C=O) groups excluding carboxylic acids is 1. The Labute approximate surface area is 204 Å². The molecule has 2 heterocycles. The Hall–Kier alpha value is -2.93. The zero-order chi connectivity index (χ0) is 23.4. The zero-order valence-corrected chi connectivity index (χ0v) is 21.0. The zero-order valence-electron chi connectivity index (χ0n) is 19.4. The molecule has 172 valence electrons. The van der Waals surface area contributed by atoms with Gasteiger partial charge in [-0.2, -0.15) is 0 Å². The van der Waals surface area contributed by atoms with Crippen LogP contribution in [0.5, 0.6) is 0 Å². The van der Waals surface area contributed by atoms with E-state index in [1.54, 1.807) is 0 Å². The summed E-state index contributed by atoms with van der Waals surface area (Å²) < 4.78 is 0.943. The number of aromatic nitrogens is 2. The third kappa shape index (κ3) is 5.90. The predicted molar refractivity (Wildman–Crippen MR) is 137 cm³/mol. The molecule has 0 radical (unpaired) electrons. The van der Waals surface area contributed by atoms with Gasteiger partial charge in [0.15, 0.2) is 0 Å². The van der Waals surface area contributed by atoms with Crippen LogP contribution in [0.15, 0.2) is 53.0 Å². The van der Waals surface area contributed by atoms with Crippen LogP contribution < -0.4 is 10.2 Å². The largest absolute Gasteiger partial charge is 0.354 e. The third-order valence-electron chi connectivity index (χ3n) is 5.96. The Bertz CT molecular complexity index is 1130. The van der Waals surface area contributed by atoms with Crippen molar-refractivity contribution in [3.63, 3.8) is 0 Å². The van der Waals surface area contributed by atoms with Crippen molar-refractivity contribution < 1.29 is 4.79 Å². The van der Waals surface area contributed by atoms with E-state index in [0.29, 0.717) is 13.1 Å². The van der Waals surface area contributed by atoms with Gasteiger partial charge in [-0.3, -0.25) is 0 Å². The van der Waals surface area contributed by atoms with Crippen molar-refractivity contribution >= 4 is 33.5 Å². The van der Waals surface area contributed by atoms with E-state index in [0.717, 1.165) is 59.0 Å². The maximum absolute atomic E-state index is 12.9. The molecule has 0 spiro atoms. The van der Waals surface area contributed by atoms with E-state index in [9.17, 15) is 4.79 Å². The minimum absolute atomic E-state index is 0.0649. The topological polar surface area (TPSA) is 61.4 Å². The minimum atomic E-state index is -0.0649. The van der Waals surface area contributed by atoms with E-state index in [1.165, 1.54) is 11.1 Å². The molecule has 0 unspecified atom stereocenters. The fourth-order valence-corrected chi connectivity index (χ4v) is 4.60. The second-order valence-corrected chi connectivity index (χ2v) is 9.50. The molecule has 2 amide bonds. The van der Waals surface area contributed by atoms with Crippen molar-refractivity contribution in [1.82, 2.24) is 14.9 Å². The van der Waals surface area contributed by atoms with Gasteiger partial charge < -0.3 is 15.1 Å². The average Bonchev–Trinajstić information content (AvgIpc) is 3.03. The molecule has 6 nitrogen and oxygen atoms in total. The van der Waals surface area contributed by atoms with E-state index in [4.69, 9.17) is 4.98 Å². The van der Waals surface area contributed by atoms with Crippen LogP contribution in [0.1, 0.15) is 34.6 Å². The molecule has 0 saturated carbocycles. The summed E-state index contributed by atoms with van der Waals surface area (Å²) in [7, 11) is 0. The SMILES string of the molecule is Cc1ccc(Cc2c(C)nc(C)nc2N2CCCN(C(=O)Nc3cccc(Br)c3)CC2)cc1. The van der Waals surface area contributed by atoms with Crippen molar-refractivity contribution in [3.05, 3.63) is 81.2 Å². The summed E-state index contributed by atoms with van der Waals surface area (Å²) >= 11 is 3.46. The first-order valence-corrected chi connectivity index (χ1v) is 12.1. The molecule has 2 aromatic carbocycles. The van der Waals surface area contributed by atoms with Gasteiger partial charge in [0, 0.05) is 54.0 Å². The monoisotopic (exact) mass is 507 g/mol. The molecule has 1 saturated heterocycles. The first-order chi connectivity index (χ1) is 15.9. The molecule has 7 heteroatoms. The highest BCUT2D eigenvalue weighted by Crippen LogP contribution is 2.25. The highest BCUT2D eigenvalue weighted by molar-refractivity contribution is 9.10. The van der Waals surface area contributed by atoms with Gasteiger partial charge in [0.25, 0.3) is 0 Å². The number of benzene rings is 2.